The van der Waals surface area contributed by atoms with Crippen molar-refractivity contribution in [3.05, 3.63) is 10.9 Å². The van der Waals surface area contributed by atoms with Crippen molar-refractivity contribution in [3.8, 4) is 0 Å². The number of hydrogen-bond donors (Lipinski definition) is 0. The van der Waals surface area contributed by atoms with Crippen molar-refractivity contribution in [2.75, 3.05) is 6.61 Å². The second kappa shape index (κ2) is 3.87. The Balaban J connectivity index is 4.05. The molecule has 0 aromatic heterocycles. The van der Waals surface area contributed by atoms with Crippen LogP contribution in [0.25, 0.3) is 0 Å². The molecule has 0 aliphatic rings. The van der Waals surface area contributed by atoms with Gasteiger partial charge in [-0.2, -0.15) is 8.42 Å². The summed E-state index contributed by atoms with van der Waals surface area (Å²) in [5.74, 6) is 0. The zero-order chi connectivity index (χ0) is 7.33. The maximum atomic E-state index is 10.4. The van der Waals surface area contributed by atoms with Gasteiger partial charge in [0.1, 0.15) is 0 Å². The van der Waals surface area contributed by atoms with E-state index in [1.807, 2.05) is 0 Å². The van der Waals surface area contributed by atoms with Crippen LogP contribution in [0.2, 0.25) is 0 Å². The highest BCUT2D eigenvalue weighted by molar-refractivity contribution is 7.89. The van der Waals surface area contributed by atoms with Gasteiger partial charge < -0.3 is 0 Å². The Hall–Kier alpha value is -0.0600. The minimum atomic E-state index is -3.49. The van der Waals surface area contributed by atoms with E-state index in [1.54, 1.807) is 6.92 Å². The molecule has 0 spiro atoms. The lowest BCUT2D eigenvalue weighted by molar-refractivity contribution is 0.345. The van der Waals surface area contributed by atoms with Gasteiger partial charge in [0.2, 0.25) is 0 Å². The summed E-state index contributed by atoms with van der Waals surface area (Å²) >= 11 is 4.98. The Morgan fingerprint density at radius 1 is 1.67 bits per heavy atom. The maximum Gasteiger partial charge on any atom is 0.290 e. The minimum Gasteiger partial charge on any atom is -0.267 e. The molecule has 0 saturated heterocycles. The summed E-state index contributed by atoms with van der Waals surface area (Å²) in [4.78, 5) is 0. The molecule has 0 aliphatic carbocycles. The summed E-state index contributed by atoms with van der Waals surface area (Å²) in [5.41, 5.74) is 0.894. The molecule has 0 radical (unpaired) electrons. The Morgan fingerprint density at radius 2 is 2.22 bits per heavy atom. The predicted octanol–water partition coefficient (Wildman–Crippen LogP) is 1.06. The summed E-state index contributed by atoms with van der Waals surface area (Å²) in [6.07, 6.45) is 0. The fourth-order valence-corrected chi connectivity index (χ4v) is 1.18. The number of rotatable bonds is 3. The van der Waals surface area contributed by atoms with Gasteiger partial charge in [0.15, 0.2) is 0 Å². The second-order valence-electron chi connectivity index (χ2n) is 1.16. The first-order valence-corrected chi connectivity index (χ1v) is 4.19. The van der Waals surface area contributed by atoms with E-state index >= 15 is 0 Å². The highest BCUT2D eigenvalue weighted by Crippen LogP contribution is 1.95. The van der Waals surface area contributed by atoms with Gasteiger partial charge in [-0.05, 0) is 6.92 Å². The molecule has 0 fully saturated rings. The van der Waals surface area contributed by atoms with E-state index in [4.69, 9.17) is 11.6 Å². The van der Waals surface area contributed by atoms with Crippen LogP contribution in [0.4, 0.5) is 0 Å². The van der Waals surface area contributed by atoms with Crippen LogP contribution in [0.1, 0.15) is 6.92 Å². The van der Waals surface area contributed by atoms with E-state index in [9.17, 15) is 8.42 Å². The molecule has 0 rings (SSSR count). The quantitative estimate of drug-likeness (QED) is 0.595. The molecule has 0 aromatic rings. The molecule has 3 nitrogen and oxygen atoms in total. The van der Waals surface area contributed by atoms with Crippen LogP contribution in [0, 0.1) is 0 Å². The first-order valence-electron chi connectivity index (χ1n) is 2.28. The van der Waals surface area contributed by atoms with Gasteiger partial charge in [0.05, 0.1) is 12.0 Å². The molecule has 0 saturated carbocycles. The Bertz CT molecular complexity index is 182. The molecular weight excluding hydrogens is 164 g/mol. The third-order valence-corrected chi connectivity index (χ3v) is 1.81. The van der Waals surface area contributed by atoms with E-state index in [0.717, 1.165) is 10.9 Å². The van der Waals surface area contributed by atoms with Crippen molar-refractivity contribution in [1.82, 2.24) is 0 Å². The smallest absolute Gasteiger partial charge is 0.267 e. The maximum absolute atomic E-state index is 10.4. The van der Waals surface area contributed by atoms with Gasteiger partial charge >= 0.3 is 0 Å². The second-order valence-corrected chi connectivity index (χ2v) is 2.91. The van der Waals surface area contributed by atoms with Gasteiger partial charge in [-0.3, -0.25) is 4.18 Å². The fraction of sp³-hybridized carbons (Fsp3) is 0.500. The van der Waals surface area contributed by atoms with Gasteiger partial charge in [-0.25, -0.2) is 0 Å². The lowest BCUT2D eigenvalue weighted by Gasteiger charge is -1.92. The molecule has 5 heteroatoms. The third kappa shape index (κ3) is 4.44. The third-order valence-electron chi connectivity index (χ3n) is 0.500. The average molecular weight is 171 g/mol. The van der Waals surface area contributed by atoms with Crippen molar-refractivity contribution in [1.29, 1.82) is 0 Å². The highest BCUT2D eigenvalue weighted by atomic mass is 35.5. The van der Waals surface area contributed by atoms with Crippen LogP contribution in [-0.4, -0.2) is 15.0 Å². The summed E-state index contributed by atoms with van der Waals surface area (Å²) in [6.45, 7) is 1.71. The average Bonchev–Trinajstić information content (AvgIpc) is 1.64. The minimum absolute atomic E-state index is 0.129. The molecule has 0 unspecified atom stereocenters. The van der Waals surface area contributed by atoms with E-state index in [2.05, 4.69) is 4.18 Å². The molecule has 0 bridgehead atoms. The highest BCUT2D eigenvalue weighted by Gasteiger charge is 2.01. The van der Waals surface area contributed by atoms with Gasteiger partial charge in [-0.1, -0.05) is 11.6 Å². The van der Waals surface area contributed by atoms with Crippen molar-refractivity contribution in [2.24, 2.45) is 0 Å². The van der Waals surface area contributed by atoms with Crippen LogP contribution in [0.3, 0.4) is 0 Å². The molecule has 0 heterocycles. The summed E-state index contributed by atoms with van der Waals surface area (Å²) in [5, 5.41) is 0.790. The van der Waals surface area contributed by atoms with Crippen molar-refractivity contribution in [2.45, 2.75) is 6.92 Å². The lowest BCUT2D eigenvalue weighted by Crippen LogP contribution is -1.99. The normalized spacial score (nSPS) is 12.7. The molecule has 0 amide bonds. The molecule has 54 valence electrons. The van der Waals surface area contributed by atoms with Gasteiger partial charge in [-0.15, -0.1) is 0 Å². The Morgan fingerprint density at radius 3 is 2.56 bits per heavy atom. The fourth-order valence-electron chi connectivity index (χ4n) is 0.267. The zero-order valence-corrected chi connectivity index (χ0v) is 6.45. The van der Waals surface area contributed by atoms with E-state index < -0.39 is 10.1 Å². The van der Waals surface area contributed by atoms with E-state index in [1.165, 1.54) is 0 Å². The molecule has 0 atom stereocenters. The van der Waals surface area contributed by atoms with E-state index in [0.29, 0.717) is 0 Å². The summed E-state index contributed by atoms with van der Waals surface area (Å²) in [7, 11) is -3.49. The van der Waals surface area contributed by atoms with Crippen molar-refractivity contribution < 1.29 is 12.6 Å². The van der Waals surface area contributed by atoms with Gasteiger partial charge in [0.25, 0.3) is 10.1 Å². The standard InChI is InChI=1S/C4H7ClO3S/c1-2-8-9(6,7)4-3-5/h3-4H,2H2,1H3/b4-3+. The molecule has 9 heavy (non-hydrogen) atoms. The monoisotopic (exact) mass is 170 g/mol. The zero-order valence-electron chi connectivity index (χ0n) is 4.87. The lowest BCUT2D eigenvalue weighted by atomic mass is 10.9. The molecule has 0 aromatic carbocycles. The van der Waals surface area contributed by atoms with Crippen LogP contribution in [0.15, 0.2) is 10.9 Å². The molecule has 0 aliphatic heterocycles. The predicted molar refractivity (Wildman–Crippen MR) is 35.5 cm³/mol. The van der Waals surface area contributed by atoms with Crippen molar-refractivity contribution >= 4 is 21.7 Å². The first-order chi connectivity index (χ1) is 4.12. The van der Waals surface area contributed by atoms with Crippen LogP contribution >= 0.6 is 11.6 Å². The van der Waals surface area contributed by atoms with Gasteiger partial charge in [0, 0.05) is 5.54 Å². The number of hydrogen-bond acceptors (Lipinski definition) is 3. The van der Waals surface area contributed by atoms with Crippen molar-refractivity contribution in [3.63, 3.8) is 0 Å². The van der Waals surface area contributed by atoms with Crippen LogP contribution in [0.5, 0.6) is 0 Å². The topological polar surface area (TPSA) is 43.4 Å². The summed E-state index contributed by atoms with van der Waals surface area (Å²) in [6, 6.07) is 0. The Labute approximate surface area is 59.4 Å². The van der Waals surface area contributed by atoms with E-state index in [-0.39, 0.29) is 6.61 Å². The number of halogens is 1. The summed E-state index contributed by atoms with van der Waals surface area (Å²) < 4.78 is 25.1. The molecule has 0 N–H and O–H groups in total. The Kier molecular flexibility index (Phi) is 3.84. The van der Waals surface area contributed by atoms with Crippen LogP contribution < -0.4 is 0 Å². The largest absolute Gasteiger partial charge is 0.290 e. The van der Waals surface area contributed by atoms with Crippen LogP contribution in [-0.2, 0) is 14.3 Å². The first kappa shape index (κ1) is 8.94. The molecular formula is C4H7ClO3S. The SMILES string of the molecule is CCOS(=O)(=O)/C=C/Cl.